The van der Waals surface area contributed by atoms with Crippen LogP contribution in [0.4, 0.5) is 26.3 Å². The van der Waals surface area contributed by atoms with Crippen molar-refractivity contribution in [1.82, 2.24) is 15.1 Å². The topological polar surface area (TPSA) is 46.9 Å². The first-order chi connectivity index (χ1) is 12.3. The zero-order chi connectivity index (χ0) is 20.5. The number of hydrogen-bond donors (Lipinski definition) is 1. The van der Waals surface area contributed by atoms with Gasteiger partial charge in [-0.3, -0.25) is 9.48 Å². The molecule has 2 aromatic rings. The van der Waals surface area contributed by atoms with Gasteiger partial charge < -0.3 is 5.32 Å². The van der Waals surface area contributed by atoms with Crippen LogP contribution in [-0.2, 0) is 29.1 Å². The molecule has 1 aromatic heterocycles. The van der Waals surface area contributed by atoms with E-state index in [0.29, 0.717) is 5.56 Å². The van der Waals surface area contributed by atoms with Crippen LogP contribution in [0, 0.1) is 0 Å². The van der Waals surface area contributed by atoms with Gasteiger partial charge >= 0.3 is 12.4 Å². The predicted molar refractivity (Wildman–Crippen MR) is 84.7 cm³/mol. The molecule has 1 aromatic carbocycles. The number of halogens is 6. The minimum atomic E-state index is -4.60. The average Bonchev–Trinajstić information content (AvgIpc) is 3.01. The number of carbonyl (C=O) groups is 1. The zero-order valence-electron chi connectivity index (χ0n) is 14.4. The second-order valence-corrected chi connectivity index (χ2v) is 6.64. The predicted octanol–water partition coefficient (Wildman–Crippen LogP) is 4.01. The summed E-state index contributed by atoms with van der Waals surface area (Å²) in [5.41, 5.74) is -2.36. The Hall–Kier alpha value is -2.52. The first kappa shape index (κ1) is 20.8. The second-order valence-electron chi connectivity index (χ2n) is 6.64. The van der Waals surface area contributed by atoms with E-state index < -0.39 is 41.5 Å². The summed E-state index contributed by atoms with van der Waals surface area (Å²) in [5.74, 6) is -0.605. The van der Waals surface area contributed by atoms with Gasteiger partial charge in [0, 0.05) is 18.2 Å². The van der Waals surface area contributed by atoms with E-state index in [1.54, 1.807) is 13.8 Å². The highest BCUT2D eigenvalue weighted by molar-refractivity contribution is 5.75. The monoisotopic (exact) mass is 393 g/mol. The summed E-state index contributed by atoms with van der Waals surface area (Å²) in [4.78, 5) is 11.9. The molecule has 2 rings (SSSR count). The number of nitrogens with zero attached hydrogens (tertiary/aromatic N) is 2. The van der Waals surface area contributed by atoms with E-state index in [1.165, 1.54) is 12.1 Å². The number of aromatic nitrogens is 2. The van der Waals surface area contributed by atoms with Crippen molar-refractivity contribution < 1.29 is 31.1 Å². The number of benzene rings is 1. The Labute approximate surface area is 151 Å². The summed E-state index contributed by atoms with van der Waals surface area (Å²) in [5, 5.41) is 5.78. The number of hydrogen-bond acceptors (Lipinski definition) is 2. The van der Waals surface area contributed by atoms with Gasteiger partial charge in [0.15, 0.2) is 5.69 Å². The molecule has 0 aliphatic heterocycles. The molecule has 1 heterocycles. The van der Waals surface area contributed by atoms with Crippen molar-refractivity contribution in [3.63, 3.8) is 0 Å². The molecule has 27 heavy (non-hydrogen) atoms. The quantitative estimate of drug-likeness (QED) is 0.781. The largest absolute Gasteiger partial charge is 0.435 e. The molecule has 148 valence electrons. The lowest BCUT2D eigenvalue weighted by Crippen LogP contribution is -2.38. The first-order valence-electron chi connectivity index (χ1n) is 7.84. The number of alkyl halides is 6. The number of carbonyl (C=O) groups excluding carboxylic acids is 1. The molecule has 0 atom stereocenters. The third-order valence-corrected chi connectivity index (χ3v) is 3.94. The summed E-state index contributed by atoms with van der Waals surface area (Å²) in [6.07, 6.45) is -8.06. The lowest BCUT2D eigenvalue weighted by Gasteiger charge is -2.26. The lowest BCUT2D eigenvalue weighted by molar-refractivity contribution is -0.141. The highest BCUT2D eigenvalue weighted by Gasteiger charge is 2.34. The maximum atomic E-state index is 12.8. The second kappa shape index (κ2) is 7.24. The average molecular weight is 393 g/mol. The van der Waals surface area contributed by atoms with Gasteiger partial charge in [-0.2, -0.15) is 31.4 Å². The van der Waals surface area contributed by atoms with Gasteiger partial charge in [-0.05, 0) is 17.7 Å². The van der Waals surface area contributed by atoms with Crippen LogP contribution in [-0.4, -0.2) is 22.2 Å². The van der Waals surface area contributed by atoms with Gasteiger partial charge in [-0.15, -0.1) is 0 Å². The Morgan fingerprint density at radius 3 is 2.22 bits per heavy atom. The Morgan fingerprint density at radius 1 is 1.04 bits per heavy atom. The molecule has 0 spiro atoms. The van der Waals surface area contributed by atoms with E-state index in [-0.39, 0.29) is 6.54 Å². The van der Waals surface area contributed by atoms with Crippen molar-refractivity contribution in [3.05, 3.63) is 53.3 Å². The molecule has 1 N–H and O–H groups in total. The van der Waals surface area contributed by atoms with Gasteiger partial charge in [0.25, 0.3) is 0 Å². The number of nitrogens with one attached hydrogen (secondary N) is 1. The number of amides is 1. The third kappa shape index (κ3) is 5.48. The Kier molecular flexibility index (Phi) is 5.58. The van der Waals surface area contributed by atoms with Crippen LogP contribution < -0.4 is 5.32 Å². The minimum Gasteiger partial charge on any atom is -0.354 e. The Bertz CT molecular complexity index is 807. The number of rotatable bonds is 5. The van der Waals surface area contributed by atoms with Crippen LogP contribution >= 0.6 is 0 Å². The molecule has 0 saturated heterocycles. The molecule has 0 saturated carbocycles. The van der Waals surface area contributed by atoms with E-state index in [1.807, 2.05) is 0 Å². The van der Waals surface area contributed by atoms with Gasteiger partial charge in [0.05, 0.1) is 5.56 Å². The summed E-state index contributed by atoms with van der Waals surface area (Å²) in [7, 11) is 0. The van der Waals surface area contributed by atoms with Crippen molar-refractivity contribution in [2.75, 3.05) is 6.54 Å². The van der Waals surface area contributed by atoms with Crippen LogP contribution in [0.3, 0.4) is 0 Å². The molecule has 0 aliphatic rings. The molecule has 10 heteroatoms. The van der Waals surface area contributed by atoms with Crippen LogP contribution in [0.25, 0.3) is 0 Å². The summed E-state index contributed by atoms with van der Waals surface area (Å²) in [6.45, 7) is 2.87. The molecule has 1 amide bonds. The highest BCUT2D eigenvalue weighted by Crippen LogP contribution is 2.32. The molecule has 0 unspecified atom stereocenters. The fraction of sp³-hybridized carbons (Fsp3) is 0.412. The van der Waals surface area contributed by atoms with E-state index >= 15 is 0 Å². The van der Waals surface area contributed by atoms with E-state index in [2.05, 4.69) is 10.4 Å². The summed E-state index contributed by atoms with van der Waals surface area (Å²) in [6, 6.07) is 5.51. The van der Waals surface area contributed by atoms with Gasteiger partial charge in [-0.1, -0.05) is 32.0 Å². The van der Waals surface area contributed by atoms with Crippen molar-refractivity contribution in [2.45, 2.75) is 38.2 Å². The molecule has 0 radical (unpaired) electrons. The fourth-order valence-electron chi connectivity index (χ4n) is 2.34. The normalized spacial score (nSPS) is 12.9. The van der Waals surface area contributed by atoms with E-state index in [4.69, 9.17) is 0 Å². The van der Waals surface area contributed by atoms with Gasteiger partial charge in [0.2, 0.25) is 5.91 Å². The third-order valence-electron chi connectivity index (χ3n) is 3.94. The highest BCUT2D eigenvalue weighted by atomic mass is 19.4. The summed E-state index contributed by atoms with van der Waals surface area (Å²) < 4.78 is 76.8. The van der Waals surface area contributed by atoms with Crippen molar-refractivity contribution in [2.24, 2.45) is 0 Å². The van der Waals surface area contributed by atoms with Gasteiger partial charge in [-0.25, -0.2) is 0 Å². The molecule has 0 bridgehead atoms. The summed E-state index contributed by atoms with van der Waals surface area (Å²) >= 11 is 0. The Balaban J connectivity index is 2.00. The first-order valence-corrected chi connectivity index (χ1v) is 7.84. The van der Waals surface area contributed by atoms with Crippen LogP contribution in [0.2, 0.25) is 0 Å². The minimum absolute atomic E-state index is 0.000536. The maximum Gasteiger partial charge on any atom is 0.435 e. The zero-order valence-corrected chi connectivity index (χ0v) is 14.4. The molecular formula is C17H17F6N3O. The Morgan fingerprint density at radius 2 is 1.67 bits per heavy atom. The SMILES string of the molecule is CC(C)(CNC(=O)Cn1ccc(C(F)(F)F)n1)c1cccc(C(F)(F)F)c1. The van der Waals surface area contributed by atoms with E-state index in [0.717, 1.165) is 29.1 Å². The van der Waals surface area contributed by atoms with Gasteiger partial charge in [0.1, 0.15) is 6.54 Å². The van der Waals surface area contributed by atoms with E-state index in [9.17, 15) is 31.1 Å². The molecule has 0 aliphatic carbocycles. The van der Waals surface area contributed by atoms with Crippen molar-refractivity contribution in [1.29, 1.82) is 0 Å². The maximum absolute atomic E-state index is 12.8. The van der Waals surface area contributed by atoms with Crippen molar-refractivity contribution in [3.8, 4) is 0 Å². The van der Waals surface area contributed by atoms with Crippen LogP contribution in [0.15, 0.2) is 36.5 Å². The van der Waals surface area contributed by atoms with Crippen LogP contribution in [0.5, 0.6) is 0 Å². The lowest BCUT2D eigenvalue weighted by atomic mass is 9.83. The molecule has 0 fully saturated rings. The standard InChI is InChI=1S/C17H17F6N3O/c1-15(2,11-4-3-5-12(8-11)16(18,19)20)10-24-14(27)9-26-7-6-13(25-26)17(21,22)23/h3-8H,9-10H2,1-2H3,(H,24,27). The van der Waals surface area contributed by atoms with Crippen LogP contribution in [0.1, 0.15) is 30.7 Å². The molecule has 4 nitrogen and oxygen atoms in total. The van der Waals surface area contributed by atoms with Crippen molar-refractivity contribution >= 4 is 5.91 Å². The smallest absolute Gasteiger partial charge is 0.354 e. The molecular weight excluding hydrogens is 376 g/mol. The fourth-order valence-corrected chi connectivity index (χ4v) is 2.34.